The summed E-state index contributed by atoms with van der Waals surface area (Å²) in [6.07, 6.45) is 10.3. The average molecular weight is 308 g/mol. The van der Waals surface area contributed by atoms with Crippen LogP contribution in [0.2, 0.25) is 0 Å². The Kier molecular flexibility index (Phi) is 11.7. The topological polar surface area (TPSA) is 45.3 Å². The highest BCUT2D eigenvalue weighted by molar-refractivity contribution is 5.31. The van der Waals surface area contributed by atoms with Gasteiger partial charge in [-0.2, -0.15) is 0 Å². The molecule has 0 aromatic heterocycles. The van der Waals surface area contributed by atoms with Gasteiger partial charge >= 0.3 is 0 Å². The zero-order valence-corrected chi connectivity index (χ0v) is 14.1. The van der Waals surface area contributed by atoms with Crippen molar-refractivity contribution in [2.75, 3.05) is 26.4 Å². The second kappa shape index (κ2) is 13.6. The van der Waals surface area contributed by atoms with Gasteiger partial charge in [0.25, 0.3) is 0 Å². The number of epoxide rings is 2. The zero-order chi connectivity index (χ0) is 15.9. The van der Waals surface area contributed by atoms with Crippen LogP contribution in [0.15, 0.2) is 24.3 Å². The first-order valence-electron chi connectivity index (χ1n) is 8.77. The molecule has 2 aliphatic heterocycles. The van der Waals surface area contributed by atoms with Gasteiger partial charge in [0.2, 0.25) is 0 Å². The summed E-state index contributed by atoms with van der Waals surface area (Å²) in [5.74, 6) is 0.452. The number of para-hydroxylation sites is 1. The number of phenols is 1. The first-order chi connectivity index (χ1) is 10.8. The Bertz CT molecular complexity index is 350. The lowest BCUT2D eigenvalue weighted by Crippen LogP contribution is -1.87. The van der Waals surface area contributed by atoms with Gasteiger partial charge in [0, 0.05) is 0 Å². The van der Waals surface area contributed by atoms with Crippen molar-refractivity contribution in [3.63, 3.8) is 0 Å². The highest BCUT2D eigenvalue weighted by Gasteiger charge is 1.98. The molecule has 2 saturated heterocycles. The van der Waals surface area contributed by atoms with Crippen molar-refractivity contribution in [2.45, 2.75) is 58.3 Å². The fourth-order valence-corrected chi connectivity index (χ4v) is 1.99. The Balaban J connectivity index is 0.000000328. The normalized spacial score (nSPS) is 14.2. The molecule has 0 radical (unpaired) electrons. The molecule has 126 valence electrons. The number of phenolic OH excluding ortho intramolecular Hbond substituents is 1. The quantitative estimate of drug-likeness (QED) is 0.558. The fraction of sp³-hybridized carbons (Fsp3) is 0.684. The van der Waals surface area contributed by atoms with E-state index in [9.17, 15) is 5.11 Å². The van der Waals surface area contributed by atoms with Gasteiger partial charge in [0.15, 0.2) is 0 Å². The van der Waals surface area contributed by atoms with E-state index >= 15 is 0 Å². The summed E-state index contributed by atoms with van der Waals surface area (Å²) in [6, 6.07) is 7.67. The third kappa shape index (κ3) is 13.9. The number of benzene rings is 1. The molecule has 1 aromatic rings. The van der Waals surface area contributed by atoms with E-state index in [4.69, 9.17) is 0 Å². The molecule has 3 heteroatoms. The third-order valence-electron chi connectivity index (χ3n) is 3.45. The van der Waals surface area contributed by atoms with Crippen LogP contribution < -0.4 is 0 Å². The Morgan fingerprint density at radius 1 is 0.818 bits per heavy atom. The molecule has 2 fully saturated rings. The van der Waals surface area contributed by atoms with Gasteiger partial charge in [0.05, 0.1) is 26.4 Å². The molecule has 0 spiro atoms. The molecule has 0 bridgehead atoms. The monoisotopic (exact) mass is 308 g/mol. The van der Waals surface area contributed by atoms with E-state index < -0.39 is 0 Å². The molecule has 1 aromatic carbocycles. The van der Waals surface area contributed by atoms with E-state index in [2.05, 4.69) is 16.4 Å². The second-order valence-corrected chi connectivity index (χ2v) is 5.72. The molecule has 2 heterocycles. The third-order valence-corrected chi connectivity index (χ3v) is 3.45. The molecule has 2 aliphatic rings. The molecule has 0 unspecified atom stereocenters. The lowest BCUT2D eigenvalue weighted by atomic mass is 10.0. The van der Waals surface area contributed by atoms with E-state index in [1.54, 1.807) is 6.07 Å². The molecule has 0 atom stereocenters. The summed E-state index contributed by atoms with van der Waals surface area (Å²) in [5.41, 5.74) is 1.09. The van der Waals surface area contributed by atoms with Crippen molar-refractivity contribution in [2.24, 2.45) is 0 Å². The van der Waals surface area contributed by atoms with Crippen LogP contribution in [-0.4, -0.2) is 31.5 Å². The summed E-state index contributed by atoms with van der Waals surface area (Å²) in [7, 11) is 0. The van der Waals surface area contributed by atoms with Crippen LogP contribution in [0.25, 0.3) is 0 Å². The minimum Gasteiger partial charge on any atom is -0.508 e. The molecule has 3 rings (SSSR count). The highest BCUT2D eigenvalue weighted by atomic mass is 16.6. The Labute approximate surface area is 135 Å². The predicted octanol–water partition coefficient (Wildman–Crippen LogP) is 4.72. The summed E-state index contributed by atoms with van der Waals surface area (Å²) < 4.78 is 9.00. The number of aromatic hydroxyl groups is 1. The van der Waals surface area contributed by atoms with Crippen molar-refractivity contribution in [3.8, 4) is 5.75 Å². The molecule has 0 aliphatic carbocycles. The van der Waals surface area contributed by atoms with Gasteiger partial charge in [-0.3, -0.25) is 0 Å². The van der Waals surface area contributed by atoms with Gasteiger partial charge in [0.1, 0.15) is 5.75 Å². The summed E-state index contributed by atoms with van der Waals surface area (Å²) in [6.45, 7) is 6.25. The Morgan fingerprint density at radius 3 is 1.82 bits per heavy atom. The predicted molar refractivity (Wildman–Crippen MR) is 91.4 cm³/mol. The smallest absolute Gasteiger partial charge is 0.118 e. The molecule has 0 amide bonds. The molecular formula is C19H32O3. The standard InChI is InChI=1S/C15H24O.2C2H4O/c1-2-3-4-5-6-7-8-11-14-12-9-10-13-15(14)16;2*1-2-3-1/h9-10,12-13,16H,2-8,11H2,1H3;2*1-2H2. The Hall–Kier alpha value is -1.06. The van der Waals surface area contributed by atoms with Gasteiger partial charge in [-0.05, 0) is 24.5 Å². The number of hydrogen-bond donors (Lipinski definition) is 1. The lowest BCUT2D eigenvalue weighted by molar-refractivity contribution is 0.466. The van der Waals surface area contributed by atoms with Crippen molar-refractivity contribution < 1.29 is 14.6 Å². The van der Waals surface area contributed by atoms with Crippen LogP contribution in [-0.2, 0) is 15.9 Å². The Morgan fingerprint density at radius 2 is 1.32 bits per heavy atom. The molecule has 3 nitrogen and oxygen atoms in total. The molecular weight excluding hydrogens is 276 g/mol. The summed E-state index contributed by atoms with van der Waals surface area (Å²) in [5, 5.41) is 9.58. The van der Waals surface area contributed by atoms with Gasteiger partial charge < -0.3 is 14.6 Å². The first kappa shape index (κ1) is 19.0. The fourth-order valence-electron chi connectivity index (χ4n) is 1.99. The van der Waals surface area contributed by atoms with Crippen molar-refractivity contribution in [3.05, 3.63) is 29.8 Å². The minimum atomic E-state index is 0.452. The number of hydrogen-bond acceptors (Lipinski definition) is 3. The number of ether oxygens (including phenoxy) is 2. The van der Waals surface area contributed by atoms with Crippen molar-refractivity contribution >= 4 is 0 Å². The maximum atomic E-state index is 9.58. The van der Waals surface area contributed by atoms with E-state index in [-0.39, 0.29) is 0 Å². The van der Waals surface area contributed by atoms with Crippen molar-refractivity contribution in [1.29, 1.82) is 0 Å². The van der Waals surface area contributed by atoms with Crippen LogP contribution in [0.5, 0.6) is 5.75 Å². The maximum Gasteiger partial charge on any atom is 0.118 e. The second-order valence-electron chi connectivity index (χ2n) is 5.72. The van der Waals surface area contributed by atoms with Crippen LogP contribution in [0.1, 0.15) is 57.4 Å². The largest absolute Gasteiger partial charge is 0.508 e. The van der Waals surface area contributed by atoms with Gasteiger partial charge in [-0.1, -0.05) is 63.6 Å². The molecule has 22 heavy (non-hydrogen) atoms. The van der Waals surface area contributed by atoms with Gasteiger partial charge in [-0.15, -0.1) is 0 Å². The zero-order valence-electron chi connectivity index (χ0n) is 14.1. The van der Waals surface area contributed by atoms with E-state index in [1.165, 1.54) is 44.9 Å². The van der Waals surface area contributed by atoms with Crippen LogP contribution in [0.3, 0.4) is 0 Å². The highest BCUT2D eigenvalue weighted by Crippen LogP contribution is 2.18. The van der Waals surface area contributed by atoms with E-state index in [0.717, 1.165) is 38.4 Å². The molecule has 0 saturated carbocycles. The SMILES string of the molecule is C1CO1.C1CO1.CCCCCCCCCc1ccccc1O. The number of rotatable bonds is 8. The van der Waals surface area contributed by atoms with Crippen LogP contribution in [0, 0.1) is 0 Å². The lowest BCUT2D eigenvalue weighted by Gasteiger charge is -2.04. The van der Waals surface area contributed by atoms with E-state index in [0.29, 0.717) is 5.75 Å². The number of unbranched alkanes of at least 4 members (excludes halogenated alkanes) is 6. The number of aryl methyl sites for hydroxylation is 1. The van der Waals surface area contributed by atoms with E-state index in [1.807, 2.05) is 18.2 Å². The average Bonchev–Trinajstić information content (AvgIpc) is 3.40. The van der Waals surface area contributed by atoms with Crippen LogP contribution in [0.4, 0.5) is 0 Å². The molecule has 1 N–H and O–H groups in total. The minimum absolute atomic E-state index is 0.452. The summed E-state index contributed by atoms with van der Waals surface area (Å²) >= 11 is 0. The first-order valence-corrected chi connectivity index (χ1v) is 8.77. The maximum absolute atomic E-state index is 9.58. The summed E-state index contributed by atoms with van der Waals surface area (Å²) in [4.78, 5) is 0. The van der Waals surface area contributed by atoms with Gasteiger partial charge in [-0.25, -0.2) is 0 Å². The van der Waals surface area contributed by atoms with Crippen molar-refractivity contribution in [1.82, 2.24) is 0 Å². The van der Waals surface area contributed by atoms with Crippen LogP contribution >= 0.6 is 0 Å².